The maximum atomic E-state index is 12.9. The molecule has 0 spiro atoms. The van der Waals surface area contributed by atoms with Crippen LogP contribution in [0.1, 0.15) is 38.0 Å². The molecule has 1 N–H and O–H groups in total. The second-order valence-electron chi connectivity index (χ2n) is 8.28. The predicted octanol–water partition coefficient (Wildman–Crippen LogP) is 5.24. The van der Waals surface area contributed by atoms with Crippen molar-refractivity contribution in [3.63, 3.8) is 0 Å². The Morgan fingerprint density at radius 3 is 2.78 bits per heavy atom. The highest BCUT2D eigenvalue weighted by Crippen LogP contribution is 2.30. The molecule has 32 heavy (non-hydrogen) atoms. The molecule has 0 radical (unpaired) electrons. The van der Waals surface area contributed by atoms with E-state index < -0.39 is 0 Å². The van der Waals surface area contributed by atoms with Gasteiger partial charge in [0.25, 0.3) is 0 Å². The van der Waals surface area contributed by atoms with E-state index in [-0.39, 0.29) is 11.2 Å². The number of carbonyl (C=O) groups is 1. The number of furan rings is 1. The van der Waals surface area contributed by atoms with Gasteiger partial charge in [-0.05, 0) is 62.4 Å². The molecule has 1 unspecified atom stereocenters. The number of halogens is 1. The van der Waals surface area contributed by atoms with Gasteiger partial charge in [-0.2, -0.15) is 0 Å². The van der Waals surface area contributed by atoms with Gasteiger partial charge in [-0.25, -0.2) is 0 Å². The van der Waals surface area contributed by atoms with Gasteiger partial charge in [-0.1, -0.05) is 36.4 Å². The number of nitrogens with one attached hydrogen (secondary N) is 1. The minimum Gasteiger partial charge on any atom is -0.467 e. The predicted molar refractivity (Wildman–Crippen MR) is 129 cm³/mol. The molecule has 1 aliphatic heterocycles. The van der Waals surface area contributed by atoms with Crippen LogP contribution in [0.15, 0.2) is 46.2 Å². The lowest BCUT2D eigenvalue weighted by Gasteiger charge is -2.31. The van der Waals surface area contributed by atoms with Crippen molar-refractivity contribution >= 4 is 40.9 Å². The van der Waals surface area contributed by atoms with Crippen LogP contribution in [0, 0.1) is 12.8 Å². The van der Waals surface area contributed by atoms with E-state index in [0.29, 0.717) is 16.7 Å². The molecule has 0 saturated carbocycles. The summed E-state index contributed by atoms with van der Waals surface area (Å²) in [7, 11) is 0. The zero-order chi connectivity index (χ0) is 22.7. The summed E-state index contributed by atoms with van der Waals surface area (Å²) in [5.74, 6) is 2.26. The van der Waals surface area contributed by atoms with Gasteiger partial charge in [0.05, 0.1) is 18.1 Å². The smallest absolute Gasteiger partial charge is 0.237 e. The molecule has 2 aromatic heterocycles. The number of amides is 1. The lowest BCUT2D eigenvalue weighted by molar-refractivity contribution is -0.115. The largest absolute Gasteiger partial charge is 0.467 e. The quantitative estimate of drug-likeness (QED) is 0.473. The minimum absolute atomic E-state index is 0.110. The lowest BCUT2D eigenvalue weighted by atomic mass is 10.00. The highest BCUT2D eigenvalue weighted by atomic mass is 35.5. The van der Waals surface area contributed by atoms with Gasteiger partial charge in [0, 0.05) is 23.8 Å². The molecule has 1 aromatic carbocycles. The Morgan fingerprint density at radius 2 is 2.06 bits per heavy atom. The Balaban J connectivity index is 1.53. The van der Waals surface area contributed by atoms with Crippen LogP contribution in [0.5, 0.6) is 0 Å². The summed E-state index contributed by atoms with van der Waals surface area (Å²) in [4.78, 5) is 15.2. The number of carbonyl (C=O) groups excluding carboxylic acids is 1. The van der Waals surface area contributed by atoms with E-state index in [9.17, 15) is 4.79 Å². The summed E-state index contributed by atoms with van der Waals surface area (Å²) in [6, 6.07) is 9.30. The monoisotopic (exact) mass is 473 g/mol. The number of nitrogens with zero attached hydrogens (tertiary/aromatic N) is 4. The molecule has 1 saturated heterocycles. The van der Waals surface area contributed by atoms with Gasteiger partial charge in [-0.3, -0.25) is 9.36 Å². The summed E-state index contributed by atoms with van der Waals surface area (Å²) >= 11 is 7.58. The van der Waals surface area contributed by atoms with Crippen molar-refractivity contribution in [3.05, 3.63) is 52.9 Å². The second kappa shape index (κ2) is 10.0. The molecular weight excluding hydrogens is 446 g/mol. The number of hydrogen-bond donors (Lipinski definition) is 1. The van der Waals surface area contributed by atoms with Crippen molar-refractivity contribution in [2.45, 2.75) is 50.6 Å². The Morgan fingerprint density at radius 1 is 1.28 bits per heavy atom. The third kappa shape index (κ3) is 5.13. The number of benzene rings is 1. The maximum Gasteiger partial charge on any atom is 0.237 e. The fourth-order valence-electron chi connectivity index (χ4n) is 3.70. The van der Waals surface area contributed by atoms with Gasteiger partial charge >= 0.3 is 0 Å². The average molecular weight is 474 g/mol. The summed E-state index contributed by atoms with van der Waals surface area (Å²) in [6.45, 7) is 8.47. The molecule has 0 aliphatic carbocycles. The number of piperidine rings is 1. The summed E-state index contributed by atoms with van der Waals surface area (Å²) < 4.78 is 7.63. The summed E-state index contributed by atoms with van der Waals surface area (Å²) in [5.41, 5.74) is 1.57. The molecule has 3 heterocycles. The molecule has 3 aromatic rings. The van der Waals surface area contributed by atoms with Gasteiger partial charge in [0.2, 0.25) is 11.9 Å². The Labute approximate surface area is 197 Å². The van der Waals surface area contributed by atoms with Gasteiger partial charge in [0.1, 0.15) is 5.76 Å². The lowest BCUT2D eigenvalue weighted by Crippen LogP contribution is -2.35. The van der Waals surface area contributed by atoms with E-state index in [1.807, 2.05) is 48.7 Å². The maximum absolute atomic E-state index is 12.9. The molecule has 7 nitrogen and oxygen atoms in total. The van der Waals surface area contributed by atoms with E-state index >= 15 is 0 Å². The molecule has 9 heteroatoms. The van der Waals surface area contributed by atoms with Crippen molar-refractivity contribution < 1.29 is 9.21 Å². The molecule has 1 amide bonds. The molecule has 1 fully saturated rings. The number of rotatable bonds is 7. The first-order chi connectivity index (χ1) is 15.4. The number of aromatic nitrogens is 3. The first kappa shape index (κ1) is 22.7. The highest BCUT2D eigenvalue weighted by Gasteiger charge is 2.26. The Kier molecular flexibility index (Phi) is 7.10. The highest BCUT2D eigenvalue weighted by molar-refractivity contribution is 8.00. The van der Waals surface area contributed by atoms with Crippen LogP contribution in [-0.2, 0) is 11.3 Å². The van der Waals surface area contributed by atoms with Crippen molar-refractivity contribution in [1.29, 1.82) is 0 Å². The van der Waals surface area contributed by atoms with Gasteiger partial charge in [-0.15, -0.1) is 10.2 Å². The number of thioether (sulfide) groups is 1. The Hall–Kier alpha value is -2.45. The van der Waals surface area contributed by atoms with Gasteiger partial charge in [0.15, 0.2) is 5.16 Å². The SMILES string of the molecule is Cc1c(Cl)cccc1NC(=O)C(C)Sc1nnc(N2CCC(C)CC2)n1Cc1ccco1. The second-order valence-corrected chi connectivity index (χ2v) is 9.99. The molecule has 170 valence electrons. The van der Waals surface area contributed by atoms with E-state index in [1.54, 1.807) is 6.26 Å². The summed E-state index contributed by atoms with van der Waals surface area (Å²) in [5, 5.41) is 12.9. The van der Waals surface area contributed by atoms with Crippen molar-refractivity contribution in [2.75, 3.05) is 23.3 Å². The average Bonchev–Trinajstić information content (AvgIpc) is 3.43. The third-order valence-electron chi connectivity index (χ3n) is 5.83. The number of anilines is 2. The van der Waals surface area contributed by atoms with E-state index in [1.165, 1.54) is 11.8 Å². The van der Waals surface area contributed by atoms with Crippen LogP contribution in [0.3, 0.4) is 0 Å². The van der Waals surface area contributed by atoms with E-state index in [0.717, 1.165) is 54.8 Å². The normalized spacial score (nSPS) is 15.7. The van der Waals surface area contributed by atoms with Crippen LogP contribution < -0.4 is 10.2 Å². The van der Waals surface area contributed by atoms with Crippen LogP contribution in [-0.4, -0.2) is 39.0 Å². The molecule has 1 atom stereocenters. The van der Waals surface area contributed by atoms with Crippen LogP contribution in [0.25, 0.3) is 0 Å². The van der Waals surface area contributed by atoms with Crippen molar-refractivity contribution in [1.82, 2.24) is 14.8 Å². The first-order valence-electron chi connectivity index (χ1n) is 10.9. The Bertz CT molecular complexity index is 1060. The fraction of sp³-hybridized carbons (Fsp3) is 0.435. The summed E-state index contributed by atoms with van der Waals surface area (Å²) in [6.07, 6.45) is 3.93. The first-order valence-corrected chi connectivity index (χ1v) is 12.1. The van der Waals surface area contributed by atoms with Crippen LogP contribution in [0.2, 0.25) is 5.02 Å². The molecule has 1 aliphatic rings. The van der Waals surface area contributed by atoms with Crippen LogP contribution >= 0.6 is 23.4 Å². The molecular formula is C23H28ClN5O2S. The van der Waals surface area contributed by atoms with E-state index in [4.69, 9.17) is 16.0 Å². The zero-order valence-corrected chi connectivity index (χ0v) is 20.1. The van der Waals surface area contributed by atoms with Crippen LogP contribution in [0.4, 0.5) is 11.6 Å². The third-order valence-corrected chi connectivity index (χ3v) is 7.32. The van der Waals surface area contributed by atoms with E-state index in [2.05, 4.69) is 27.3 Å². The standard InChI is InChI=1S/C23H28ClN5O2S/c1-15-9-11-28(12-10-15)22-26-27-23(29(22)14-18-6-5-13-31-18)32-17(3)21(30)25-20-8-4-7-19(24)16(20)2/h4-8,13,15,17H,9-12,14H2,1-3H3,(H,25,30). The number of hydrogen-bond acceptors (Lipinski definition) is 6. The van der Waals surface area contributed by atoms with Gasteiger partial charge < -0.3 is 14.6 Å². The topological polar surface area (TPSA) is 76.2 Å². The molecule has 4 rings (SSSR count). The zero-order valence-electron chi connectivity index (χ0n) is 18.5. The molecule has 0 bridgehead atoms. The van der Waals surface area contributed by atoms with Crippen molar-refractivity contribution in [2.24, 2.45) is 5.92 Å². The fourth-order valence-corrected chi connectivity index (χ4v) is 4.71. The van der Waals surface area contributed by atoms with Crippen molar-refractivity contribution in [3.8, 4) is 0 Å². The minimum atomic E-state index is -0.373.